The molecule has 1 heterocycles. The van der Waals surface area contributed by atoms with Gasteiger partial charge in [-0.25, -0.2) is 4.79 Å². The van der Waals surface area contributed by atoms with E-state index in [1.165, 1.54) is 4.57 Å². The summed E-state index contributed by atoms with van der Waals surface area (Å²) in [6.45, 7) is 4.55. The maximum absolute atomic E-state index is 12.1. The van der Waals surface area contributed by atoms with E-state index in [2.05, 4.69) is 0 Å². The lowest BCUT2D eigenvalue weighted by atomic mass is 10.2. The van der Waals surface area contributed by atoms with E-state index in [-0.39, 0.29) is 11.2 Å². The Kier molecular flexibility index (Phi) is 2.75. The number of benzene rings is 1. The van der Waals surface area contributed by atoms with Crippen LogP contribution in [0.15, 0.2) is 27.8 Å². The third-order valence-electron chi connectivity index (χ3n) is 2.88. The molecule has 5 nitrogen and oxygen atoms in total. The number of fused-ring (bicyclic) bond motifs is 1. The minimum atomic E-state index is -0.274. The van der Waals surface area contributed by atoms with Gasteiger partial charge in [-0.15, -0.1) is 0 Å². The van der Waals surface area contributed by atoms with E-state index in [0.717, 1.165) is 0 Å². The van der Waals surface area contributed by atoms with Crippen LogP contribution in [0.4, 0.5) is 5.69 Å². The molecule has 90 valence electrons. The lowest BCUT2D eigenvalue weighted by Crippen LogP contribution is -2.39. The van der Waals surface area contributed by atoms with Crippen molar-refractivity contribution in [2.24, 2.45) is 0 Å². The van der Waals surface area contributed by atoms with Gasteiger partial charge in [-0.05, 0) is 32.0 Å². The van der Waals surface area contributed by atoms with Gasteiger partial charge in [-0.2, -0.15) is 0 Å². The topological polar surface area (TPSA) is 70.0 Å². The number of rotatable bonds is 2. The highest BCUT2D eigenvalue weighted by atomic mass is 16.2. The summed E-state index contributed by atoms with van der Waals surface area (Å²) >= 11 is 0. The van der Waals surface area contributed by atoms with Crippen molar-refractivity contribution in [2.75, 3.05) is 5.73 Å². The second-order valence-corrected chi connectivity index (χ2v) is 3.85. The normalized spacial score (nSPS) is 10.9. The fraction of sp³-hybridized carbons (Fsp3) is 0.333. The molecule has 0 radical (unpaired) electrons. The van der Waals surface area contributed by atoms with Crippen LogP contribution < -0.4 is 17.0 Å². The zero-order chi connectivity index (χ0) is 12.6. The molecule has 0 spiro atoms. The van der Waals surface area contributed by atoms with Gasteiger partial charge in [0, 0.05) is 18.8 Å². The van der Waals surface area contributed by atoms with Crippen LogP contribution in [0.2, 0.25) is 0 Å². The maximum atomic E-state index is 12.1. The van der Waals surface area contributed by atoms with Crippen LogP contribution in [0.5, 0.6) is 0 Å². The highest BCUT2D eigenvalue weighted by molar-refractivity contribution is 5.81. The van der Waals surface area contributed by atoms with E-state index in [0.29, 0.717) is 29.7 Å². The van der Waals surface area contributed by atoms with Crippen molar-refractivity contribution in [1.29, 1.82) is 0 Å². The number of aromatic nitrogens is 2. The molecule has 0 aliphatic carbocycles. The van der Waals surface area contributed by atoms with Crippen molar-refractivity contribution in [3.8, 4) is 0 Å². The number of nitrogens with zero attached hydrogens (tertiary/aromatic N) is 2. The Bertz CT molecular complexity index is 682. The Morgan fingerprint density at radius 2 is 1.76 bits per heavy atom. The molecule has 0 bridgehead atoms. The first-order valence-corrected chi connectivity index (χ1v) is 5.63. The van der Waals surface area contributed by atoms with Crippen LogP contribution in [0.25, 0.3) is 10.9 Å². The van der Waals surface area contributed by atoms with Crippen molar-refractivity contribution in [3.63, 3.8) is 0 Å². The quantitative estimate of drug-likeness (QED) is 0.779. The molecule has 2 rings (SSSR count). The molecular weight excluding hydrogens is 218 g/mol. The molecule has 0 aliphatic rings. The van der Waals surface area contributed by atoms with Gasteiger partial charge in [-0.1, -0.05) is 0 Å². The number of nitrogens with two attached hydrogens (primary N) is 1. The molecule has 0 fully saturated rings. The summed E-state index contributed by atoms with van der Waals surface area (Å²) in [5.41, 5.74) is 6.30. The Morgan fingerprint density at radius 3 is 2.35 bits per heavy atom. The van der Waals surface area contributed by atoms with Gasteiger partial charge in [0.2, 0.25) is 0 Å². The minimum Gasteiger partial charge on any atom is -0.399 e. The van der Waals surface area contributed by atoms with Gasteiger partial charge in [0.15, 0.2) is 0 Å². The zero-order valence-electron chi connectivity index (χ0n) is 9.93. The van der Waals surface area contributed by atoms with Crippen LogP contribution in [0, 0.1) is 0 Å². The predicted octanol–water partition coefficient (Wildman–Crippen LogP) is 0.785. The minimum absolute atomic E-state index is 0.266. The van der Waals surface area contributed by atoms with Crippen molar-refractivity contribution in [2.45, 2.75) is 26.9 Å². The number of aryl methyl sites for hydroxylation is 1. The number of anilines is 1. The Morgan fingerprint density at radius 1 is 1.12 bits per heavy atom. The monoisotopic (exact) mass is 233 g/mol. The molecule has 0 saturated carbocycles. The average Bonchev–Trinajstić information content (AvgIpc) is 2.31. The number of nitrogen functional groups attached to an aromatic ring is 1. The van der Waals surface area contributed by atoms with Gasteiger partial charge in [-0.3, -0.25) is 13.9 Å². The lowest BCUT2D eigenvalue weighted by Gasteiger charge is -2.11. The summed E-state index contributed by atoms with van der Waals surface area (Å²) in [6.07, 6.45) is 0. The average molecular weight is 233 g/mol. The summed E-state index contributed by atoms with van der Waals surface area (Å²) in [6, 6.07) is 5.04. The summed E-state index contributed by atoms with van der Waals surface area (Å²) in [4.78, 5) is 24.1. The molecule has 1 aromatic carbocycles. The van der Waals surface area contributed by atoms with Crippen molar-refractivity contribution >= 4 is 16.6 Å². The fourth-order valence-electron chi connectivity index (χ4n) is 2.03. The van der Waals surface area contributed by atoms with E-state index in [4.69, 9.17) is 5.73 Å². The highest BCUT2D eigenvalue weighted by Crippen LogP contribution is 2.12. The maximum Gasteiger partial charge on any atom is 0.331 e. The predicted molar refractivity (Wildman–Crippen MR) is 68.2 cm³/mol. The molecular formula is C12H15N3O2. The molecule has 5 heteroatoms. The second-order valence-electron chi connectivity index (χ2n) is 3.85. The Balaban J connectivity index is 3.06. The van der Waals surface area contributed by atoms with Gasteiger partial charge >= 0.3 is 5.69 Å². The first kappa shape index (κ1) is 11.4. The van der Waals surface area contributed by atoms with E-state index in [1.807, 2.05) is 6.92 Å². The van der Waals surface area contributed by atoms with Gasteiger partial charge < -0.3 is 5.73 Å². The largest absolute Gasteiger partial charge is 0.399 e. The van der Waals surface area contributed by atoms with E-state index in [1.54, 1.807) is 29.7 Å². The van der Waals surface area contributed by atoms with Crippen LogP contribution in [-0.4, -0.2) is 9.13 Å². The molecule has 0 atom stereocenters. The smallest absolute Gasteiger partial charge is 0.331 e. The first-order chi connectivity index (χ1) is 8.10. The number of hydrogen-bond acceptors (Lipinski definition) is 3. The van der Waals surface area contributed by atoms with E-state index in [9.17, 15) is 9.59 Å². The zero-order valence-corrected chi connectivity index (χ0v) is 9.93. The SMILES string of the molecule is CCn1c(=O)c2cc(N)ccc2n(CC)c1=O. The van der Waals surface area contributed by atoms with Crippen LogP contribution >= 0.6 is 0 Å². The third kappa shape index (κ3) is 1.63. The third-order valence-corrected chi connectivity index (χ3v) is 2.88. The summed E-state index contributed by atoms with van der Waals surface area (Å²) in [5.74, 6) is 0. The summed E-state index contributed by atoms with van der Waals surface area (Å²) in [5, 5.41) is 0.494. The molecule has 0 amide bonds. The second kappa shape index (κ2) is 4.08. The van der Waals surface area contributed by atoms with Gasteiger partial charge in [0.1, 0.15) is 0 Å². The van der Waals surface area contributed by atoms with Crippen LogP contribution in [0.1, 0.15) is 13.8 Å². The molecule has 0 unspecified atom stereocenters. The van der Waals surface area contributed by atoms with E-state index >= 15 is 0 Å². The first-order valence-electron chi connectivity index (χ1n) is 5.63. The molecule has 0 aliphatic heterocycles. The lowest BCUT2D eigenvalue weighted by molar-refractivity contribution is 0.609. The van der Waals surface area contributed by atoms with Gasteiger partial charge in [0.25, 0.3) is 5.56 Å². The standard InChI is InChI=1S/C12H15N3O2/c1-3-14-10-6-5-8(13)7-9(10)11(16)15(4-2)12(14)17/h5-7H,3-4,13H2,1-2H3. The van der Waals surface area contributed by atoms with Crippen molar-refractivity contribution in [1.82, 2.24) is 9.13 Å². The van der Waals surface area contributed by atoms with E-state index < -0.39 is 0 Å². The molecule has 2 aromatic rings. The number of hydrogen-bond donors (Lipinski definition) is 1. The van der Waals surface area contributed by atoms with Crippen LogP contribution in [0.3, 0.4) is 0 Å². The van der Waals surface area contributed by atoms with Crippen molar-refractivity contribution in [3.05, 3.63) is 39.0 Å². The summed E-state index contributed by atoms with van der Waals surface area (Å²) < 4.78 is 2.81. The van der Waals surface area contributed by atoms with Crippen LogP contribution in [-0.2, 0) is 13.1 Å². The Labute approximate surface area is 98.1 Å². The van der Waals surface area contributed by atoms with Gasteiger partial charge in [0.05, 0.1) is 10.9 Å². The van der Waals surface area contributed by atoms with Crippen molar-refractivity contribution < 1.29 is 0 Å². The molecule has 17 heavy (non-hydrogen) atoms. The molecule has 0 saturated heterocycles. The molecule has 1 aromatic heterocycles. The Hall–Kier alpha value is -2.04. The fourth-order valence-corrected chi connectivity index (χ4v) is 2.03. The molecule has 2 N–H and O–H groups in total. The summed E-state index contributed by atoms with van der Waals surface area (Å²) in [7, 11) is 0. The highest BCUT2D eigenvalue weighted by Gasteiger charge is 2.10.